The fraction of sp³-hybridized carbons (Fsp3) is 0.250. The lowest BCUT2D eigenvalue weighted by atomic mass is 10.2. The van der Waals surface area contributed by atoms with Crippen LogP contribution in [-0.2, 0) is 11.3 Å². The van der Waals surface area contributed by atoms with E-state index in [1.54, 1.807) is 24.4 Å². The number of nitrogens with zero attached hydrogens (tertiary/aromatic N) is 3. The van der Waals surface area contributed by atoms with Gasteiger partial charge in [-0.1, -0.05) is 0 Å². The molecule has 0 spiro atoms. The number of H-pyrrole nitrogens is 1. The number of amides is 1. The highest BCUT2D eigenvalue weighted by Crippen LogP contribution is 2.38. The van der Waals surface area contributed by atoms with Crippen LogP contribution in [0.5, 0.6) is 0 Å². The molecule has 4 rings (SSSR count). The van der Waals surface area contributed by atoms with Gasteiger partial charge in [-0.05, 0) is 37.1 Å². The molecule has 1 saturated carbocycles. The van der Waals surface area contributed by atoms with E-state index in [4.69, 9.17) is 0 Å². The minimum Gasteiger partial charge on any atom is -0.324 e. The van der Waals surface area contributed by atoms with E-state index >= 15 is 0 Å². The molecule has 3 aromatic rings. The molecular weight excluding hydrogens is 294 g/mol. The molecule has 2 heterocycles. The number of carbonyl (C=O) groups is 1. The monoisotopic (exact) mass is 309 g/mol. The van der Waals surface area contributed by atoms with Crippen LogP contribution in [0.2, 0.25) is 0 Å². The van der Waals surface area contributed by atoms with E-state index in [9.17, 15) is 9.59 Å². The Balaban J connectivity index is 1.51. The summed E-state index contributed by atoms with van der Waals surface area (Å²) in [6, 6.07) is 8.70. The summed E-state index contributed by atoms with van der Waals surface area (Å²) in [6.45, 7) is -0.0968. The Labute approximate surface area is 131 Å². The smallest absolute Gasteiger partial charge is 0.267 e. The molecule has 1 amide bonds. The lowest BCUT2D eigenvalue weighted by molar-refractivity contribution is -0.117. The molecule has 0 aliphatic heterocycles. The first-order chi connectivity index (χ1) is 11.2. The van der Waals surface area contributed by atoms with Crippen LogP contribution in [0, 0.1) is 0 Å². The van der Waals surface area contributed by atoms with Gasteiger partial charge in [-0.25, -0.2) is 4.68 Å². The molecule has 7 nitrogen and oxygen atoms in total. The molecule has 0 radical (unpaired) electrons. The molecule has 0 unspecified atom stereocenters. The highest BCUT2D eigenvalue weighted by atomic mass is 16.2. The summed E-state index contributed by atoms with van der Waals surface area (Å²) in [4.78, 5) is 24.0. The molecule has 1 aliphatic rings. The van der Waals surface area contributed by atoms with Crippen LogP contribution in [-0.4, -0.2) is 25.9 Å². The number of rotatable bonds is 4. The van der Waals surface area contributed by atoms with Gasteiger partial charge in [0.2, 0.25) is 5.91 Å². The van der Waals surface area contributed by atoms with E-state index in [0.717, 1.165) is 29.4 Å². The molecule has 0 bridgehead atoms. The van der Waals surface area contributed by atoms with Gasteiger partial charge in [0.15, 0.2) is 0 Å². The Hall–Kier alpha value is -2.96. The van der Waals surface area contributed by atoms with Crippen molar-refractivity contribution in [2.75, 3.05) is 5.32 Å². The predicted octanol–water partition coefficient (Wildman–Crippen LogP) is 1.64. The molecule has 0 saturated heterocycles. The van der Waals surface area contributed by atoms with Crippen LogP contribution in [0.15, 0.2) is 41.3 Å². The average molecular weight is 309 g/mol. The lowest BCUT2D eigenvalue weighted by Crippen LogP contribution is -2.29. The maximum absolute atomic E-state index is 12.2. The molecular formula is C16H15N5O2. The zero-order valence-corrected chi connectivity index (χ0v) is 12.3. The highest BCUT2D eigenvalue weighted by molar-refractivity contribution is 5.93. The van der Waals surface area contributed by atoms with Crippen molar-refractivity contribution < 1.29 is 4.79 Å². The summed E-state index contributed by atoms with van der Waals surface area (Å²) < 4.78 is 1.22. The van der Waals surface area contributed by atoms with E-state index in [2.05, 4.69) is 20.6 Å². The van der Waals surface area contributed by atoms with Crippen LogP contribution < -0.4 is 10.9 Å². The third kappa shape index (κ3) is 2.85. The van der Waals surface area contributed by atoms with Gasteiger partial charge in [0.1, 0.15) is 6.54 Å². The summed E-state index contributed by atoms with van der Waals surface area (Å²) >= 11 is 0. The zero-order chi connectivity index (χ0) is 15.8. The van der Waals surface area contributed by atoms with Crippen molar-refractivity contribution in [2.45, 2.75) is 25.3 Å². The normalized spacial score (nSPS) is 14.1. The van der Waals surface area contributed by atoms with Crippen LogP contribution >= 0.6 is 0 Å². The maximum atomic E-state index is 12.2. The molecule has 1 aromatic carbocycles. The zero-order valence-electron chi connectivity index (χ0n) is 12.3. The minimum absolute atomic E-state index is 0.0968. The summed E-state index contributed by atoms with van der Waals surface area (Å²) in [6.07, 6.45) is 3.91. The van der Waals surface area contributed by atoms with E-state index in [1.165, 1.54) is 10.7 Å². The molecule has 7 heteroatoms. The maximum Gasteiger partial charge on any atom is 0.267 e. The van der Waals surface area contributed by atoms with Crippen molar-refractivity contribution in [3.05, 3.63) is 52.6 Å². The summed E-state index contributed by atoms with van der Waals surface area (Å²) in [7, 11) is 0. The van der Waals surface area contributed by atoms with Crippen LogP contribution in [0.25, 0.3) is 10.9 Å². The van der Waals surface area contributed by atoms with Gasteiger partial charge in [-0.3, -0.25) is 14.7 Å². The fourth-order valence-corrected chi connectivity index (χ4v) is 2.53. The minimum atomic E-state index is -0.286. The topological polar surface area (TPSA) is 92.7 Å². The number of nitrogens with one attached hydrogen (secondary N) is 2. The van der Waals surface area contributed by atoms with E-state index in [-0.39, 0.29) is 18.0 Å². The first-order valence-corrected chi connectivity index (χ1v) is 7.50. The second-order valence-corrected chi connectivity index (χ2v) is 5.75. The summed E-state index contributed by atoms with van der Waals surface area (Å²) in [5.74, 6) is 0.152. The number of fused-ring (bicyclic) bond motifs is 1. The van der Waals surface area contributed by atoms with Crippen molar-refractivity contribution in [1.82, 2.24) is 20.0 Å². The Bertz CT molecular complexity index is 939. The number of benzene rings is 1. The van der Waals surface area contributed by atoms with Crippen LogP contribution in [0.4, 0.5) is 5.69 Å². The first kappa shape index (κ1) is 13.7. The van der Waals surface area contributed by atoms with E-state index in [0.29, 0.717) is 11.6 Å². The number of aromatic amines is 1. The third-order valence-corrected chi connectivity index (χ3v) is 3.90. The quantitative estimate of drug-likeness (QED) is 0.766. The largest absolute Gasteiger partial charge is 0.324 e. The van der Waals surface area contributed by atoms with Crippen molar-refractivity contribution >= 4 is 22.5 Å². The Kier molecular flexibility index (Phi) is 3.18. The van der Waals surface area contributed by atoms with Gasteiger partial charge in [0.25, 0.3) is 5.56 Å². The van der Waals surface area contributed by atoms with E-state index < -0.39 is 0 Å². The van der Waals surface area contributed by atoms with Crippen LogP contribution in [0.1, 0.15) is 24.5 Å². The predicted molar refractivity (Wildman–Crippen MR) is 85.2 cm³/mol. The molecule has 0 atom stereocenters. The van der Waals surface area contributed by atoms with Crippen LogP contribution in [0.3, 0.4) is 0 Å². The highest BCUT2D eigenvalue weighted by Gasteiger charge is 2.25. The Morgan fingerprint density at radius 3 is 3.00 bits per heavy atom. The van der Waals surface area contributed by atoms with Gasteiger partial charge in [0.05, 0.1) is 17.4 Å². The lowest BCUT2D eigenvalue weighted by Gasteiger charge is -2.08. The molecule has 23 heavy (non-hydrogen) atoms. The van der Waals surface area contributed by atoms with Crippen molar-refractivity contribution in [2.24, 2.45) is 0 Å². The van der Waals surface area contributed by atoms with Crippen molar-refractivity contribution in [3.63, 3.8) is 0 Å². The number of hydrogen-bond acceptors (Lipinski definition) is 4. The number of aromatic nitrogens is 4. The number of hydrogen-bond donors (Lipinski definition) is 2. The van der Waals surface area contributed by atoms with Crippen molar-refractivity contribution in [1.29, 1.82) is 0 Å². The van der Waals surface area contributed by atoms with Gasteiger partial charge in [0, 0.05) is 23.1 Å². The Morgan fingerprint density at radius 1 is 1.30 bits per heavy atom. The molecule has 2 N–H and O–H groups in total. The van der Waals surface area contributed by atoms with Gasteiger partial charge in [-0.15, -0.1) is 0 Å². The molecule has 116 valence electrons. The first-order valence-electron chi connectivity index (χ1n) is 7.50. The second-order valence-electron chi connectivity index (χ2n) is 5.75. The summed E-state index contributed by atoms with van der Waals surface area (Å²) in [5.41, 5.74) is 2.11. The Morgan fingerprint density at radius 2 is 2.17 bits per heavy atom. The number of carbonyl (C=O) groups excluding carboxylic acids is 1. The van der Waals surface area contributed by atoms with Gasteiger partial charge < -0.3 is 5.32 Å². The summed E-state index contributed by atoms with van der Waals surface area (Å²) in [5, 5.41) is 14.8. The van der Waals surface area contributed by atoms with E-state index in [1.807, 2.05) is 6.07 Å². The van der Waals surface area contributed by atoms with Gasteiger partial charge in [-0.2, -0.15) is 10.2 Å². The second kappa shape index (κ2) is 5.35. The molecule has 1 fully saturated rings. The fourth-order valence-electron chi connectivity index (χ4n) is 2.53. The average Bonchev–Trinajstić information content (AvgIpc) is 3.27. The molecule has 2 aromatic heterocycles. The SMILES string of the molecule is O=C(Cn1nc(C2CC2)ccc1=O)Nc1ccc2cn[nH]c2c1. The molecule has 1 aliphatic carbocycles. The van der Waals surface area contributed by atoms with Crippen molar-refractivity contribution in [3.8, 4) is 0 Å². The number of anilines is 1. The van der Waals surface area contributed by atoms with Gasteiger partial charge >= 0.3 is 0 Å². The standard InChI is InChI=1S/C16H15N5O2/c22-15(18-12-4-3-11-8-17-19-14(11)7-12)9-21-16(23)6-5-13(20-21)10-1-2-10/h3-8,10H,1-2,9H2,(H,17,19)(H,18,22). The third-order valence-electron chi connectivity index (χ3n) is 3.90.